The number of carbonyl (C=O) groups is 1. The summed E-state index contributed by atoms with van der Waals surface area (Å²) in [4.78, 5) is 16.7. The molecule has 0 saturated heterocycles. The van der Waals surface area contributed by atoms with E-state index in [1.807, 2.05) is 45.9 Å². The number of carbonyl (C=O) groups excluding carboxylic acids is 1. The van der Waals surface area contributed by atoms with Gasteiger partial charge in [0.15, 0.2) is 0 Å². The number of pyridine rings is 1. The summed E-state index contributed by atoms with van der Waals surface area (Å²) in [5.74, 6) is 0.424. The Morgan fingerprint density at radius 2 is 1.95 bits per heavy atom. The Hall–Kier alpha value is -2.36. The lowest BCUT2D eigenvalue weighted by molar-refractivity contribution is 0.102. The van der Waals surface area contributed by atoms with Gasteiger partial charge in [-0.15, -0.1) is 0 Å². The number of aryl methyl sites for hydroxylation is 1. The van der Waals surface area contributed by atoms with E-state index in [9.17, 15) is 4.79 Å². The summed E-state index contributed by atoms with van der Waals surface area (Å²) < 4.78 is 0. The van der Waals surface area contributed by atoms with Crippen molar-refractivity contribution in [2.24, 2.45) is 0 Å². The molecule has 1 aromatic carbocycles. The van der Waals surface area contributed by atoms with E-state index in [-0.39, 0.29) is 11.8 Å². The molecular weight excluding hydrogens is 262 g/mol. The predicted molar refractivity (Wildman–Crippen MR) is 86.6 cm³/mol. The third-order valence-electron chi connectivity index (χ3n) is 3.57. The van der Waals surface area contributed by atoms with Gasteiger partial charge in [0.05, 0.1) is 0 Å². The Kier molecular flexibility index (Phi) is 4.26. The lowest BCUT2D eigenvalue weighted by Gasteiger charge is -2.12. The maximum Gasteiger partial charge on any atom is 0.255 e. The topological polar surface area (TPSA) is 68.0 Å². The number of aromatic nitrogens is 1. The third kappa shape index (κ3) is 3.40. The first-order valence-electron chi connectivity index (χ1n) is 7.03. The minimum Gasteiger partial charge on any atom is -0.384 e. The van der Waals surface area contributed by atoms with E-state index in [0.717, 1.165) is 22.5 Å². The molecule has 0 spiro atoms. The van der Waals surface area contributed by atoms with Crippen molar-refractivity contribution in [1.29, 1.82) is 0 Å². The maximum absolute atomic E-state index is 12.4. The molecule has 0 saturated carbocycles. The molecule has 2 rings (SSSR count). The average molecular weight is 283 g/mol. The van der Waals surface area contributed by atoms with Crippen LogP contribution in [0.25, 0.3) is 0 Å². The minimum atomic E-state index is -0.167. The standard InChI is InChI=1S/C17H21N3O/c1-10(2)15-8-13(9-16(18)19-15)17(21)20-14-7-5-6-11(3)12(14)4/h5-10H,1-4H3,(H2,18,19)(H,20,21). The first-order chi connectivity index (χ1) is 9.88. The van der Waals surface area contributed by atoms with E-state index >= 15 is 0 Å². The Bertz CT molecular complexity index is 678. The number of benzene rings is 1. The van der Waals surface area contributed by atoms with E-state index in [4.69, 9.17) is 5.73 Å². The van der Waals surface area contributed by atoms with Gasteiger partial charge in [-0.3, -0.25) is 4.79 Å². The van der Waals surface area contributed by atoms with Gasteiger partial charge in [-0.05, 0) is 49.1 Å². The molecular formula is C17H21N3O. The van der Waals surface area contributed by atoms with Gasteiger partial charge in [-0.2, -0.15) is 0 Å². The van der Waals surface area contributed by atoms with E-state index < -0.39 is 0 Å². The van der Waals surface area contributed by atoms with E-state index in [1.54, 1.807) is 12.1 Å². The van der Waals surface area contributed by atoms with Gasteiger partial charge in [0, 0.05) is 16.9 Å². The average Bonchev–Trinajstić information content (AvgIpc) is 2.43. The quantitative estimate of drug-likeness (QED) is 0.903. The van der Waals surface area contributed by atoms with Crippen molar-refractivity contribution in [2.75, 3.05) is 11.1 Å². The van der Waals surface area contributed by atoms with Crippen LogP contribution in [0, 0.1) is 13.8 Å². The van der Waals surface area contributed by atoms with Gasteiger partial charge in [-0.1, -0.05) is 26.0 Å². The largest absolute Gasteiger partial charge is 0.384 e. The molecule has 0 fully saturated rings. The van der Waals surface area contributed by atoms with Crippen LogP contribution in [-0.4, -0.2) is 10.9 Å². The van der Waals surface area contributed by atoms with Crippen LogP contribution < -0.4 is 11.1 Å². The van der Waals surface area contributed by atoms with Crippen LogP contribution in [0.5, 0.6) is 0 Å². The summed E-state index contributed by atoms with van der Waals surface area (Å²) in [6, 6.07) is 9.24. The summed E-state index contributed by atoms with van der Waals surface area (Å²) in [6.07, 6.45) is 0. The highest BCUT2D eigenvalue weighted by Crippen LogP contribution is 2.20. The van der Waals surface area contributed by atoms with E-state index in [2.05, 4.69) is 10.3 Å². The van der Waals surface area contributed by atoms with Gasteiger partial charge in [0.1, 0.15) is 5.82 Å². The van der Waals surface area contributed by atoms with E-state index in [0.29, 0.717) is 11.4 Å². The molecule has 21 heavy (non-hydrogen) atoms. The molecule has 2 aromatic rings. The summed E-state index contributed by atoms with van der Waals surface area (Å²) in [5, 5.41) is 2.94. The maximum atomic E-state index is 12.4. The summed E-state index contributed by atoms with van der Waals surface area (Å²) in [7, 11) is 0. The minimum absolute atomic E-state index is 0.167. The Balaban J connectivity index is 2.30. The second-order valence-electron chi connectivity index (χ2n) is 5.56. The van der Waals surface area contributed by atoms with Crippen molar-refractivity contribution in [2.45, 2.75) is 33.6 Å². The van der Waals surface area contributed by atoms with Crippen molar-refractivity contribution < 1.29 is 4.79 Å². The lowest BCUT2D eigenvalue weighted by atomic mass is 10.1. The van der Waals surface area contributed by atoms with Crippen LogP contribution in [0.2, 0.25) is 0 Å². The van der Waals surface area contributed by atoms with Gasteiger partial charge in [0.2, 0.25) is 0 Å². The fourth-order valence-corrected chi connectivity index (χ4v) is 2.08. The molecule has 0 aliphatic rings. The number of rotatable bonds is 3. The number of amides is 1. The van der Waals surface area contributed by atoms with Crippen LogP contribution >= 0.6 is 0 Å². The number of nitrogens with one attached hydrogen (secondary N) is 1. The molecule has 0 aliphatic carbocycles. The number of hydrogen-bond donors (Lipinski definition) is 2. The lowest BCUT2D eigenvalue weighted by Crippen LogP contribution is -2.14. The number of nitrogen functional groups attached to an aromatic ring is 1. The number of nitrogens with zero attached hydrogens (tertiary/aromatic N) is 1. The smallest absolute Gasteiger partial charge is 0.255 e. The van der Waals surface area contributed by atoms with Crippen LogP contribution in [0.3, 0.4) is 0 Å². The highest BCUT2D eigenvalue weighted by atomic mass is 16.1. The zero-order valence-corrected chi connectivity index (χ0v) is 12.9. The first-order valence-corrected chi connectivity index (χ1v) is 7.03. The molecule has 1 heterocycles. The van der Waals surface area contributed by atoms with Crippen molar-refractivity contribution in [3.05, 3.63) is 52.7 Å². The van der Waals surface area contributed by atoms with Crippen molar-refractivity contribution in [3.63, 3.8) is 0 Å². The Labute approximate surface area is 125 Å². The predicted octanol–water partition coefficient (Wildman–Crippen LogP) is 3.66. The molecule has 1 amide bonds. The SMILES string of the molecule is Cc1cccc(NC(=O)c2cc(N)nc(C(C)C)c2)c1C. The molecule has 1 aromatic heterocycles. The van der Waals surface area contributed by atoms with Crippen LogP contribution in [0.4, 0.5) is 11.5 Å². The van der Waals surface area contributed by atoms with Crippen LogP contribution in [-0.2, 0) is 0 Å². The number of hydrogen-bond acceptors (Lipinski definition) is 3. The van der Waals surface area contributed by atoms with Crippen LogP contribution in [0.1, 0.15) is 46.9 Å². The summed E-state index contributed by atoms with van der Waals surface area (Å²) in [6.45, 7) is 8.06. The normalized spacial score (nSPS) is 10.7. The van der Waals surface area contributed by atoms with Crippen LogP contribution in [0.15, 0.2) is 30.3 Å². The summed E-state index contributed by atoms with van der Waals surface area (Å²) >= 11 is 0. The third-order valence-corrected chi connectivity index (χ3v) is 3.57. The Morgan fingerprint density at radius 3 is 2.62 bits per heavy atom. The molecule has 0 bridgehead atoms. The molecule has 0 aliphatic heterocycles. The number of anilines is 2. The van der Waals surface area contributed by atoms with E-state index in [1.165, 1.54) is 0 Å². The molecule has 0 atom stereocenters. The zero-order chi connectivity index (χ0) is 15.6. The fraction of sp³-hybridized carbons (Fsp3) is 0.294. The summed E-state index contributed by atoms with van der Waals surface area (Å²) in [5.41, 5.74) is 10.2. The van der Waals surface area contributed by atoms with Crippen molar-refractivity contribution in [1.82, 2.24) is 4.98 Å². The highest BCUT2D eigenvalue weighted by molar-refractivity contribution is 6.05. The second-order valence-corrected chi connectivity index (χ2v) is 5.56. The second kappa shape index (κ2) is 5.95. The Morgan fingerprint density at radius 1 is 1.24 bits per heavy atom. The van der Waals surface area contributed by atoms with Gasteiger partial charge < -0.3 is 11.1 Å². The van der Waals surface area contributed by atoms with Gasteiger partial charge in [-0.25, -0.2) is 4.98 Å². The van der Waals surface area contributed by atoms with Crippen molar-refractivity contribution >= 4 is 17.4 Å². The molecule has 0 radical (unpaired) electrons. The molecule has 0 unspecified atom stereocenters. The molecule has 4 heteroatoms. The van der Waals surface area contributed by atoms with Gasteiger partial charge in [0.25, 0.3) is 5.91 Å². The molecule has 110 valence electrons. The van der Waals surface area contributed by atoms with Crippen molar-refractivity contribution in [3.8, 4) is 0 Å². The fourth-order valence-electron chi connectivity index (χ4n) is 2.08. The first kappa shape index (κ1) is 15.0. The molecule has 3 N–H and O–H groups in total. The number of nitrogens with two attached hydrogens (primary N) is 1. The zero-order valence-electron chi connectivity index (χ0n) is 12.9. The monoisotopic (exact) mass is 283 g/mol. The highest BCUT2D eigenvalue weighted by Gasteiger charge is 2.12. The molecule has 4 nitrogen and oxygen atoms in total. The van der Waals surface area contributed by atoms with Gasteiger partial charge >= 0.3 is 0 Å².